The smallest absolute Gasteiger partial charge is 0.248 e. The number of nitrogens with zero attached hydrogens (tertiary/aromatic N) is 3. The van der Waals surface area contributed by atoms with Crippen molar-refractivity contribution in [2.24, 2.45) is 11.8 Å². The van der Waals surface area contributed by atoms with Gasteiger partial charge in [-0.2, -0.15) is 0 Å². The van der Waals surface area contributed by atoms with E-state index in [1.165, 1.54) is 0 Å². The maximum Gasteiger partial charge on any atom is 0.248 e. The van der Waals surface area contributed by atoms with Gasteiger partial charge in [-0.25, -0.2) is 0 Å². The van der Waals surface area contributed by atoms with E-state index >= 15 is 0 Å². The molecule has 8 nitrogen and oxygen atoms in total. The van der Waals surface area contributed by atoms with E-state index in [4.69, 9.17) is 4.74 Å². The number of amides is 3. The fourth-order valence-corrected chi connectivity index (χ4v) is 7.64. The monoisotopic (exact) mass is 579 g/mol. The summed E-state index contributed by atoms with van der Waals surface area (Å²) in [6.07, 6.45) is 9.19. The molecule has 3 heterocycles. The Kier molecular flexibility index (Phi) is 10.7. The van der Waals surface area contributed by atoms with Crippen LogP contribution in [0.4, 0.5) is 0 Å². The molecule has 4 rings (SSSR count). The molecule has 1 spiro atoms. The highest BCUT2D eigenvalue weighted by molar-refractivity contribution is 5.99. The number of likely N-dealkylation sites (tertiary alicyclic amines) is 1. The van der Waals surface area contributed by atoms with Crippen LogP contribution in [0.2, 0.25) is 0 Å². The second-order valence-electron chi connectivity index (χ2n) is 12.1. The molecule has 3 aliphatic heterocycles. The van der Waals surface area contributed by atoms with E-state index in [-0.39, 0.29) is 24.3 Å². The molecule has 0 saturated carbocycles. The van der Waals surface area contributed by atoms with Crippen molar-refractivity contribution >= 4 is 17.7 Å². The summed E-state index contributed by atoms with van der Waals surface area (Å²) in [5, 5.41) is 9.21. The van der Waals surface area contributed by atoms with Gasteiger partial charge in [0, 0.05) is 39.3 Å². The predicted octanol–water partition coefficient (Wildman–Crippen LogP) is 4.33. The van der Waals surface area contributed by atoms with Crippen molar-refractivity contribution in [2.75, 3.05) is 32.8 Å². The van der Waals surface area contributed by atoms with Crippen molar-refractivity contribution in [1.29, 1.82) is 0 Å². The van der Waals surface area contributed by atoms with Crippen molar-refractivity contribution in [3.05, 3.63) is 61.2 Å². The average molecular weight is 580 g/mol. The van der Waals surface area contributed by atoms with Crippen LogP contribution >= 0.6 is 0 Å². The Morgan fingerprint density at radius 1 is 1.02 bits per heavy atom. The van der Waals surface area contributed by atoms with Crippen LogP contribution in [0.15, 0.2) is 55.6 Å². The van der Waals surface area contributed by atoms with Crippen molar-refractivity contribution in [2.45, 2.75) is 89.0 Å². The third-order valence-corrected chi connectivity index (χ3v) is 9.52. The third kappa shape index (κ3) is 5.80. The lowest BCUT2D eigenvalue weighted by Crippen LogP contribution is -2.56. The minimum Gasteiger partial charge on any atom is -0.396 e. The van der Waals surface area contributed by atoms with E-state index in [9.17, 15) is 19.5 Å². The lowest BCUT2D eigenvalue weighted by atomic mass is 9.64. The van der Waals surface area contributed by atoms with Gasteiger partial charge in [0.05, 0.1) is 17.4 Å². The van der Waals surface area contributed by atoms with E-state index in [1.807, 2.05) is 44.2 Å². The summed E-state index contributed by atoms with van der Waals surface area (Å²) in [4.78, 5) is 48.7. The number of unbranched alkanes of at least 4 members (excludes halogenated alkanes) is 3. The fraction of sp³-hybridized carbons (Fsp3) is 0.618. The van der Waals surface area contributed by atoms with Gasteiger partial charge in [-0.15, -0.1) is 13.2 Å². The lowest BCUT2D eigenvalue weighted by Gasteiger charge is -2.37. The number of benzene rings is 1. The molecule has 3 fully saturated rings. The number of ether oxygens (including phenoxy) is 1. The Morgan fingerprint density at radius 2 is 1.71 bits per heavy atom. The molecule has 3 aliphatic rings. The summed E-state index contributed by atoms with van der Waals surface area (Å²) >= 11 is 0. The third-order valence-electron chi connectivity index (χ3n) is 9.52. The minimum atomic E-state index is -1.04. The number of rotatable bonds is 17. The van der Waals surface area contributed by atoms with Gasteiger partial charge in [0.2, 0.25) is 17.7 Å². The Morgan fingerprint density at radius 3 is 2.36 bits per heavy atom. The maximum absolute atomic E-state index is 14.6. The topological polar surface area (TPSA) is 90.4 Å². The molecule has 8 heteroatoms. The summed E-state index contributed by atoms with van der Waals surface area (Å²) in [6.45, 7) is 14.1. The first-order chi connectivity index (χ1) is 20.3. The quantitative estimate of drug-likeness (QED) is 0.219. The second-order valence-corrected chi connectivity index (χ2v) is 12.1. The van der Waals surface area contributed by atoms with Crippen LogP contribution < -0.4 is 0 Å². The molecule has 2 bridgehead atoms. The molecule has 3 saturated heterocycles. The largest absolute Gasteiger partial charge is 0.396 e. The van der Waals surface area contributed by atoms with Crippen molar-refractivity contribution < 1.29 is 24.2 Å². The Labute approximate surface area is 251 Å². The van der Waals surface area contributed by atoms with Gasteiger partial charge in [0.15, 0.2) is 0 Å². The van der Waals surface area contributed by atoms with E-state index in [0.717, 1.165) is 24.8 Å². The van der Waals surface area contributed by atoms with Gasteiger partial charge in [-0.3, -0.25) is 14.4 Å². The van der Waals surface area contributed by atoms with Crippen molar-refractivity contribution in [1.82, 2.24) is 14.7 Å². The molecule has 42 heavy (non-hydrogen) atoms. The van der Waals surface area contributed by atoms with Gasteiger partial charge in [0.1, 0.15) is 11.6 Å². The fourth-order valence-electron chi connectivity index (χ4n) is 7.64. The van der Waals surface area contributed by atoms with Crippen LogP contribution in [-0.2, 0) is 25.7 Å². The molecule has 0 aromatic heterocycles. The van der Waals surface area contributed by atoms with Gasteiger partial charge < -0.3 is 24.5 Å². The van der Waals surface area contributed by atoms with Crippen LogP contribution in [0.25, 0.3) is 0 Å². The van der Waals surface area contributed by atoms with E-state index in [2.05, 4.69) is 13.2 Å². The predicted molar refractivity (Wildman–Crippen MR) is 163 cm³/mol. The Bertz CT molecular complexity index is 1130. The molecule has 0 radical (unpaired) electrons. The molecule has 1 aromatic carbocycles. The average Bonchev–Trinajstić information content (AvgIpc) is 3.60. The summed E-state index contributed by atoms with van der Waals surface area (Å²) < 4.78 is 6.98. The highest BCUT2D eigenvalue weighted by Crippen LogP contribution is 2.64. The Balaban J connectivity index is 1.74. The zero-order chi connectivity index (χ0) is 30.3. The van der Waals surface area contributed by atoms with E-state index in [0.29, 0.717) is 64.8 Å². The summed E-state index contributed by atoms with van der Waals surface area (Å²) in [7, 11) is 0. The molecular weight excluding hydrogens is 530 g/mol. The molecule has 3 amide bonds. The molecule has 0 aliphatic carbocycles. The number of hydrogen-bond donors (Lipinski definition) is 1. The second kappa shape index (κ2) is 14.0. The number of hydrogen-bond acceptors (Lipinski definition) is 5. The van der Waals surface area contributed by atoms with Crippen LogP contribution in [0.1, 0.15) is 70.8 Å². The SMILES string of the molecule is C=CCN(Cc1ccccc1)C(=O)C1N(CCCCCCO)C(=O)[C@@H]2[C@H](C(=O)N(CC=C)CCC)[C@]3(CC)CCC12O3. The van der Waals surface area contributed by atoms with E-state index in [1.54, 1.807) is 26.9 Å². The first-order valence-corrected chi connectivity index (χ1v) is 15.8. The van der Waals surface area contributed by atoms with Gasteiger partial charge in [-0.05, 0) is 44.1 Å². The Hall–Kier alpha value is -2.97. The van der Waals surface area contributed by atoms with Crippen LogP contribution in [0, 0.1) is 11.8 Å². The number of carbonyl (C=O) groups excluding carboxylic acids is 3. The van der Waals surface area contributed by atoms with Crippen molar-refractivity contribution in [3.63, 3.8) is 0 Å². The zero-order valence-corrected chi connectivity index (χ0v) is 25.5. The highest BCUT2D eigenvalue weighted by atomic mass is 16.5. The zero-order valence-electron chi connectivity index (χ0n) is 25.5. The molecule has 1 aromatic rings. The molecule has 2 unspecified atom stereocenters. The molecule has 1 N–H and O–H groups in total. The van der Waals surface area contributed by atoms with Crippen molar-refractivity contribution in [3.8, 4) is 0 Å². The summed E-state index contributed by atoms with van der Waals surface area (Å²) in [5.74, 6) is -1.69. The number of aliphatic hydroxyl groups is 1. The molecule has 5 atom stereocenters. The van der Waals surface area contributed by atoms with Crippen LogP contribution in [0.3, 0.4) is 0 Å². The minimum absolute atomic E-state index is 0.0678. The van der Waals surface area contributed by atoms with Crippen LogP contribution in [0.5, 0.6) is 0 Å². The number of aliphatic hydroxyl groups excluding tert-OH is 1. The molecule has 230 valence electrons. The lowest BCUT2D eigenvalue weighted by molar-refractivity contribution is -0.155. The summed E-state index contributed by atoms with van der Waals surface area (Å²) in [5.41, 5.74) is -0.812. The van der Waals surface area contributed by atoms with E-state index < -0.39 is 29.1 Å². The van der Waals surface area contributed by atoms with Gasteiger partial charge in [0.25, 0.3) is 0 Å². The standard InChI is InChI=1S/C34H49N3O5/c1-5-20-35(21-6-2)30(39)27-28-31(40)37(23-14-9-10-15-24-38)29(34(28)19-18-33(27,8-4)42-34)32(41)36(22-7-3)25-26-16-12-11-13-17-26/h5,7,11-13,16-17,27-29,38H,1,3,6,8-10,14-15,18-25H2,2,4H3/t27-,28+,29?,33+,34?/m1/s1. The van der Waals surface area contributed by atoms with Crippen LogP contribution in [-0.4, -0.2) is 87.6 Å². The number of carbonyl (C=O) groups is 3. The first kappa shape index (κ1) is 32.0. The summed E-state index contributed by atoms with van der Waals surface area (Å²) in [6, 6.07) is 9.02. The normalized spacial score (nSPS) is 27.6. The molecular formula is C34H49N3O5. The van der Waals surface area contributed by atoms with Gasteiger partial charge in [-0.1, -0.05) is 69.2 Å². The highest BCUT2D eigenvalue weighted by Gasteiger charge is 2.78. The van der Waals surface area contributed by atoms with Gasteiger partial charge >= 0.3 is 0 Å². The maximum atomic E-state index is 14.6. The number of fused-ring (bicyclic) bond motifs is 1. The first-order valence-electron chi connectivity index (χ1n) is 15.8.